The summed E-state index contributed by atoms with van der Waals surface area (Å²) in [6, 6.07) is 76.5. The van der Waals surface area contributed by atoms with Gasteiger partial charge in [-0.25, -0.2) is 0 Å². The maximum Gasteiger partial charge on any atom is 0.137 e. The highest BCUT2D eigenvalue weighted by atomic mass is 16.3. The Morgan fingerprint density at radius 1 is 0.304 bits per heavy atom. The molecule has 11 rings (SSSR count). The molecule has 0 radical (unpaired) electrons. The molecule has 56 heavy (non-hydrogen) atoms. The van der Waals surface area contributed by atoms with Crippen LogP contribution in [0.3, 0.4) is 0 Å². The zero-order chi connectivity index (χ0) is 37.0. The second-order valence-electron chi connectivity index (χ2n) is 14.5. The van der Waals surface area contributed by atoms with Crippen LogP contribution in [0, 0.1) is 0 Å². The summed E-state index contributed by atoms with van der Waals surface area (Å²) in [6.07, 6.45) is 0. The molecule has 1 heterocycles. The van der Waals surface area contributed by atoms with Crippen molar-refractivity contribution in [1.29, 1.82) is 0 Å². The van der Waals surface area contributed by atoms with Crippen LogP contribution in [-0.4, -0.2) is 0 Å². The number of rotatable bonds is 6. The summed E-state index contributed by atoms with van der Waals surface area (Å²) < 4.78 is 6.40. The second-order valence-corrected chi connectivity index (χ2v) is 14.5. The molecule has 0 aliphatic rings. The van der Waals surface area contributed by atoms with Crippen molar-refractivity contribution in [2.45, 2.75) is 0 Å². The molecular formula is C54H35NO. The molecule has 0 fully saturated rings. The maximum atomic E-state index is 6.40. The first kappa shape index (κ1) is 32.0. The lowest BCUT2D eigenvalue weighted by Gasteiger charge is -2.27. The quantitative estimate of drug-likeness (QED) is 0.160. The molecule has 0 atom stereocenters. The zero-order valence-electron chi connectivity index (χ0n) is 30.6. The number of para-hydroxylation sites is 1. The average Bonchev–Trinajstić information content (AvgIpc) is 3.66. The van der Waals surface area contributed by atoms with Crippen molar-refractivity contribution >= 4 is 71.3 Å². The molecule has 0 N–H and O–H groups in total. The summed E-state index contributed by atoms with van der Waals surface area (Å²) >= 11 is 0. The van der Waals surface area contributed by atoms with Crippen molar-refractivity contribution < 1.29 is 4.42 Å². The van der Waals surface area contributed by atoms with Gasteiger partial charge in [0.2, 0.25) is 0 Å². The summed E-state index contributed by atoms with van der Waals surface area (Å²) in [5, 5.41) is 9.73. The van der Waals surface area contributed by atoms with E-state index >= 15 is 0 Å². The monoisotopic (exact) mass is 713 g/mol. The van der Waals surface area contributed by atoms with E-state index in [1.165, 1.54) is 65.7 Å². The molecule has 0 aliphatic heterocycles. The van der Waals surface area contributed by atoms with E-state index in [1.54, 1.807) is 0 Å². The fourth-order valence-corrected chi connectivity index (χ4v) is 8.59. The Hall–Kier alpha value is -7.42. The molecule has 0 unspecified atom stereocenters. The van der Waals surface area contributed by atoms with Crippen molar-refractivity contribution in [3.05, 3.63) is 212 Å². The lowest BCUT2D eigenvalue weighted by atomic mass is 9.93. The SMILES string of the molecule is c1ccc(-c2cc(-c3ccc(N(c4ccc(-c5cc6ccccc6c6ccccc56)cc4)c4cccc5oc6ccccc6c45)cc3)cc3ccccc23)cc1. The van der Waals surface area contributed by atoms with Gasteiger partial charge in [-0.05, 0) is 126 Å². The lowest BCUT2D eigenvalue weighted by Crippen LogP contribution is -2.10. The number of nitrogens with zero attached hydrogens (tertiary/aromatic N) is 1. The van der Waals surface area contributed by atoms with E-state index in [1.807, 2.05) is 12.1 Å². The summed E-state index contributed by atoms with van der Waals surface area (Å²) in [6.45, 7) is 0. The van der Waals surface area contributed by atoms with Gasteiger partial charge in [-0.2, -0.15) is 0 Å². The van der Waals surface area contributed by atoms with Crippen LogP contribution in [0.1, 0.15) is 0 Å². The standard InChI is InChI=1S/C54H35NO/c1-2-13-37(14-3-1)49-35-41(33-39-15-4-7-18-45(39)49)36-25-29-42(30-26-36)55(51-22-12-24-53-54(51)48-21-10-11-23-52(48)56-53)43-31-27-38(28-32-43)50-34-40-16-5-6-17-44(40)46-19-8-9-20-47(46)50/h1-35H. The number of hydrogen-bond acceptors (Lipinski definition) is 2. The lowest BCUT2D eigenvalue weighted by molar-refractivity contribution is 0.669. The molecule has 0 spiro atoms. The minimum absolute atomic E-state index is 0.870. The second kappa shape index (κ2) is 13.2. The van der Waals surface area contributed by atoms with Gasteiger partial charge in [0.1, 0.15) is 11.2 Å². The predicted octanol–water partition coefficient (Wildman–Crippen LogP) is 15.5. The van der Waals surface area contributed by atoms with E-state index in [0.717, 1.165) is 39.0 Å². The number of anilines is 3. The molecule has 11 aromatic rings. The van der Waals surface area contributed by atoms with Gasteiger partial charge in [0.05, 0.1) is 11.1 Å². The Labute approximate surface area is 325 Å². The van der Waals surface area contributed by atoms with E-state index in [0.29, 0.717) is 0 Å². The molecule has 0 bridgehead atoms. The molecule has 0 aliphatic carbocycles. The van der Waals surface area contributed by atoms with E-state index in [4.69, 9.17) is 4.42 Å². The van der Waals surface area contributed by atoms with Crippen LogP contribution in [-0.2, 0) is 0 Å². The molecule has 0 amide bonds. The van der Waals surface area contributed by atoms with Gasteiger partial charge in [0.25, 0.3) is 0 Å². The van der Waals surface area contributed by atoms with Crippen molar-refractivity contribution in [2.24, 2.45) is 0 Å². The highest BCUT2D eigenvalue weighted by molar-refractivity contribution is 6.15. The predicted molar refractivity (Wildman–Crippen MR) is 237 cm³/mol. The topological polar surface area (TPSA) is 16.4 Å². The summed E-state index contributed by atoms with van der Waals surface area (Å²) in [7, 11) is 0. The number of furan rings is 1. The van der Waals surface area contributed by atoms with E-state index in [2.05, 4.69) is 205 Å². The van der Waals surface area contributed by atoms with Gasteiger partial charge < -0.3 is 9.32 Å². The van der Waals surface area contributed by atoms with Gasteiger partial charge in [-0.3, -0.25) is 0 Å². The zero-order valence-corrected chi connectivity index (χ0v) is 30.6. The average molecular weight is 714 g/mol. The van der Waals surface area contributed by atoms with Crippen molar-refractivity contribution in [1.82, 2.24) is 0 Å². The minimum Gasteiger partial charge on any atom is -0.456 e. The van der Waals surface area contributed by atoms with Crippen molar-refractivity contribution in [2.75, 3.05) is 4.90 Å². The molecule has 10 aromatic carbocycles. The smallest absolute Gasteiger partial charge is 0.137 e. The van der Waals surface area contributed by atoms with Gasteiger partial charge in [-0.15, -0.1) is 0 Å². The van der Waals surface area contributed by atoms with Gasteiger partial charge in [0.15, 0.2) is 0 Å². The molecular weight excluding hydrogens is 679 g/mol. The van der Waals surface area contributed by atoms with Crippen LogP contribution >= 0.6 is 0 Å². The number of hydrogen-bond donors (Lipinski definition) is 0. The molecule has 0 saturated heterocycles. The summed E-state index contributed by atoms with van der Waals surface area (Å²) in [5.41, 5.74) is 12.2. The van der Waals surface area contributed by atoms with Crippen molar-refractivity contribution in [3.63, 3.8) is 0 Å². The normalized spacial score (nSPS) is 11.6. The van der Waals surface area contributed by atoms with Gasteiger partial charge >= 0.3 is 0 Å². The van der Waals surface area contributed by atoms with Crippen LogP contribution in [0.5, 0.6) is 0 Å². The molecule has 262 valence electrons. The van der Waals surface area contributed by atoms with Crippen LogP contribution < -0.4 is 4.90 Å². The minimum atomic E-state index is 0.870. The molecule has 2 nitrogen and oxygen atoms in total. The Morgan fingerprint density at radius 3 is 1.59 bits per heavy atom. The van der Waals surface area contributed by atoms with E-state index < -0.39 is 0 Å². The first-order valence-corrected chi connectivity index (χ1v) is 19.2. The fourth-order valence-electron chi connectivity index (χ4n) is 8.59. The van der Waals surface area contributed by atoms with E-state index in [-0.39, 0.29) is 0 Å². The third-order valence-electron chi connectivity index (χ3n) is 11.2. The third-order valence-corrected chi connectivity index (χ3v) is 11.2. The fraction of sp³-hybridized carbons (Fsp3) is 0. The van der Waals surface area contributed by atoms with Crippen LogP contribution in [0.2, 0.25) is 0 Å². The summed E-state index contributed by atoms with van der Waals surface area (Å²) in [5.74, 6) is 0. The first-order chi connectivity index (χ1) is 27.8. The Morgan fingerprint density at radius 2 is 0.839 bits per heavy atom. The highest BCUT2D eigenvalue weighted by Gasteiger charge is 2.20. The number of benzene rings is 10. The van der Waals surface area contributed by atoms with Crippen LogP contribution in [0.4, 0.5) is 17.1 Å². The first-order valence-electron chi connectivity index (χ1n) is 19.2. The third kappa shape index (κ3) is 5.34. The van der Waals surface area contributed by atoms with Crippen molar-refractivity contribution in [3.8, 4) is 33.4 Å². The van der Waals surface area contributed by atoms with Gasteiger partial charge in [-0.1, -0.05) is 152 Å². The highest BCUT2D eigenvalue weighted by Crippen LogP contribution is 2.44. The molecule has 1 aromatic heterocycles. The number of fused-ring (bicyclic) bond motifs is 7. The van der Waals surface area contributed by atoms with Crippen LogP contribution in [0.15, 0.2) is 217 Å². The Kier molecular flexibility index (Phi) is 7.53. The Balaban J connectivity index is 1.06. The van der Waals surface area contributed by atoms with E-state index in [9.17, 15) is 0 Å². The van der Waals surface area contributed by atoms with Crippen LogP contribution in [0.25, 0.3) is 87.6 Å². The largest absolute Gasteiger partial charge is 0.456 e. The summed E-state index contributed by atoms with van der Waals surface area (Å²) in [4.78, 5) is 2.37. The van der Waals surface area contributed by atoms with Gasteiger partial charge in [0, 0.05) is 16.8 Å². The molecule has 0 saturated carbocycles. The maximum absolute atomic E-state index is 6.40. The molecule has 2 heteroatoms. The Bertz CT molecular complexity index is 3230.